The van der Waals surface area contributed by atoms with Crippen LogP contribution in [0, 0.1) is 12.7 Å². The highest BCUT2D eigenvalue weighted by Crippen LogP contribution is 2.26. The molecule has 0 fully saturated rings. The number of fused-ring (bicyclic) bond motifs is 1. The highest BCUT2D eigenvalue weighted by atomic mass is 19.1. The van der Waals surface area contributed by atoms with Crippen LogP contribution in [-0.4, -0.2) is 16.1 Å². The van der Waals surface area contributed by atoms with Gasteiger partial charge in [-0.1, -0.05) is 48.5 Å². The van der Waals surface area contributed by atoms with Crippen molar-refractivity contribution in [1.29, 1.82) is 0 Å². The van der Waals surface area contributed by atoms with E-state index in [1.54, 1.807) is 19.1 Å². The standard InChI is InChI=1S/C29H23FN4O/c1-19-10-12-21(30)16-26(19)29(35)32-23-9-5-8-22(17-23)31-24-13-14-25-27(33-34-28(25)18-24)15-11-20-6-3-2-4-7-20/h2-18,31H,1H3,(H,32,35)(H,33,34)/b15-11+. The van der Waals surface area contributed by atoms with Gasteiger partial charge in [-0.05, 0) is 72.7 Å². The van der Waals surface area contributed by atoms with Crippen LogP contribution in [0.3, 0.4) is 0 Å². The molecule has 1 heterocycles. The summed E-state index contributed by atoms with van der Waals surface area (Å²) in [5, 5.41) is 14.7. The van der Waals surface area contributed by atoms with Crippen LogP contribution in [0.5, 0.6) is 0 Å². The zero-order valence-electron chi connectivity index (χ0n) is 19.0. The average Bonchev–Trinajstić information content (AvgIpc) is 3.27. The average molecular weight is 463 g/mol. The molecule has 0 radical (unpaired) electrons. The van der Waals surface area contributed by atoms with Crippen LogP contribution in [0.1, 0.15) is 27.2 Å². The summed E-state index contributed by atoms with van der Waals surface area (Å²) in [4.78, 5) is 12.6. The molecule has 5 nitrogen and oxygen atoms in total. The van der Waals surface area contributed by atoms with Gasteiger partial charge in [0, 0.05) is 28.0 Å². The predicted octanol–water partition coefficient (Wildman–Crippen LogP) is 7.18. The van der Waals surface area contributed by atoms with E-state index in [0.29, 0.717) is 16.8 Å². The Hall–Kier alpha value is -4.71. The number of nitrogens with zero attached hydrogens (tertiary/aromatic N) is 1. The molecule has 0 saturated carbocycles. The summed E-state index contributed by atoms with van der Waals surface area (Å²) < 4.78 is 13.6. The fourth-order valence-corrected chi connectivity index (χ4v) is 3.86. The van der Waals surface area contributed by atoms with Crippen LogP contribution in [0.4, 0.5) is 21.5 Å². The number of hydrogen-bond acceptors (Lipinski definition) is 3. The Balaban J connectivity index is 1.31. The third kappa shape index (κ3) is 5.12. The Bertz CT molecular complexity index is 1540. The first-order chi connectivity index (χ1) is 17.0. The van der Waals surface area contributed by atoms with Gasteiger partial charge in [0.1, 0.15) is 5.82 Å². The summed E-state index contributed by atoms with van der Waals surface area (Å²) in [6, 6.07) is 27.6. The molecule has 1 aromatic heterocycles. The number of H-pyrrole nitrogens is 1. The van der Waals surface area contributed by atoms with E-state index in [9.17, 15) is 9.18 Å². The van der Waals surface area contributed by atoms with Crippen LogP contribution in [0.25, 0.3) is 23.1 Å². The van der Waals surface area contributed by atoms with Gasteiger partial charge in [0.25, 0.3) is 5.91 Å². The number of halogens is 1. The Morgan fingerprint density at radius 1 is 0.857 bits per heavy atom. The van der Waals surface area contributed by atoms with Crippen LogP contribution in [0.15, 0.2) is 91.0 Å². The summed E-state index contributed by atoms with van der Waals surface area (Å²) >= 11 is 0. The largest absolute Gasteiger partial charge is 0.355 e. The van der Waals surface area contributed by atoms with E-state index in [1.165, 1.54) is 12.1 Å². The first-order valence-corrected chi connectivity index (χ1v) is 11.2. The minimum atomic E-state index is -0.441. The van der Waals surface area contributed by atoms with Gasteiger partial charge in [0.05, 0.1) is 11.2 Å². The summed E-state index contributed by atoms with van der Waals surface area (Å²) in [6.07, 6.45) is 4.03. The summed E-state index contributed by atoms with van der Waals surface area (Å²) in [7, 11) is 0. The van der Waals surface area contributed by atoms with Gasteiger partial charge in [-0.3, -0.25) is 9.89 Å². The lowest BCUT2D eigenvalue weighted by atomic mass is 10.1. The van der Waals surface area contributed by atoms with E-state index in [-0.39, 0.29) is 5.91 Å². The van der Waals surface area contributed by atoms with Crippen molar-refractivity contribution >= 4 is 46.0 Å². The van der Waals surface area contributed by atoms with Crippen molar-refractivity contribution in [2.75, 3.05) is 10.6 Å². The van der Waals surface area contributed by atoms with Crippen molar-refractivity contribution < 1.29 is 9.18 Å². The molecule has 35 heavy (non-hydrogen) atoms. The van der Waals surface area contributed by atoms with Crippen LogP contribution >= 0.6 is 0 Å². The number of carbonyl (C=O) groups is 1. The number of aromatic amines is 1. The molecule has 0 unspecified atom stereocenters. The Labute approximate surface area is 202 Å². The molecule has 172 valence electrons. The minimum absolute atomic E-state index is 0.310. The maximum atomic E-state index is 13.6. The van der Waals surface area contributed by atoms with Crippen molar-refractivity contribution in [3.63, 3.8) is 0 Å². The van der Waals surface area contributed by atoms with E-state index in [1.807, 2.05) is 78.9 Å². The summed E-state index contributed by atoms with van der Waals surface area (Å²) in [5.74, 6) is -0.793. The summed E-state index contributed by atoms with van der Waals surface area (Å²) in [6.45, 7) is 1.78. The highest BCUT2D eigenvalue weighted by Gasteiger charge is 2.11. The number of aromatic nitrogens is 2. The molecule has 0 bridgehead atoms. The quantitative estimate of drug-likeness (QED) is 0.250. The Kier molecular flexibility index (Phi) is 6.09. The number of benzene rings is 4. The lowest BCUT2D eigenvalue weighted by Crippen LogP contribution is -2.13. The molecule has 5 aromatic rings. The van der Waals surface area contributed by atoms with Gasteiger partial charge in [-0.25, -0.2) is 4.39 Å². The van der Waals surface area contributed by atoms with Crippen molar-refractivity contribution in [2.45, 2.75) is 6.92 Å². The Morgan fingerprint density at radius 2 is 1.66 bits per heavy atom. The number of rotatable bonds is 6. The fraction of sp³-hybridized carbons (Fsp3) is 0.0345. The lowest BCUT2D eigenvalue weighted by molar-refractivity contribution is 0.102. The van der Waals surface area contributed by atoms with Crippen molar-refractivity contribution in [3.05, 3.63) is 119 Å². The monoisotopic (exact) mass is 462 g/mol. The molecular weight excluding hydrogens is 439 g/mol. The number of hydrogen-bond donors (Lipinski definition) is 3. The first kappa shape index (κ1) is 22.1. The van der Waals surface area contributed by atoms with Crippen molar-refractivity contribution in [3.8, 4) is 0 Å². The van der Waals surface area contributed by atoms with Gasteiger partial charge < -0.3 is 10.6 Å². The van der Waals surface area contributed by atoms with Gasteiger partial charge >= 0.3 is 0 Å². The third-order valence-electron chi connectivity index (χ3n) is 5.68. The third-order valence-corrected chi connectivity index (χ3v) is 5.68. The van der Waals surface area contributed by atoms with Gasteiger partial charge in [-0.2, -0.15) is 5.10 Å². The van der Waals surface area contributed by atoms with Crippen LogP contribution in [0.2, 0.25) is 0 Å². The smallest absolute Gasteiger partial charge is 0.256 e. The second kappa shape index (κ2) is 9.65. The van der Waals surface area contributed by atoms with Gasteiger partial charge in [0.2, 0.25) is 0 Å². The molecule has 0 saturated heterocycles. The molecule has 5 rings (SSSR count). The molecule has 4 aromatic carbocycles. The second-order valence-electron chi connectivity index (χ2n) is 8.23. The highest BCUT2D eigenvalue weighted by molar-refractivity contribution is 6.05. The molecule has 0 aliphatic rings. The SMILES string of the molecule is Cc1ccc(F)cc1C(=O)Nc1cccc(Nc2ccc3c(/C=C/c4ccccc4)n[nH]c3c2)c1. The molecule has 0 aliphatic heterocycles. The zero-order valence-corrected chi connectivity index (χ0v) is 19.0. The van der Waals surface area contributed by atoms with E-state index in [4.69, 9.17) is 0 Å². The predicted molar refractivity (Wildman–Crippen MR) is 140 cm³/mol. The molecular formula is C29H23FN4O. The number of amides is 1. The second-order valence-corrected chi connectivity index (χ2v) is 8.23. The maximum Gasteiger partial charge on any atom is 0.256 e. The number of carbonyl (C=O) groups excluding carboxylic acids is 1. The van der Waals surface area contributed by atoms with Gasteiger partial charge in [-0.15, -0.1) is 0 Å². The molecule has 0 spiro atoms. The number of aryl methyl sites for hydroxylation is 1. The van der Waals surface area contributed by atoms with E-state index >= 15 is 0 Å². The number of anilines is 3. The van der Waals surface area contributed by atoms with Crippen LogP contribution in [-0.2, 0) is 0 Å². The first-order valence-electron chi connectivity index (χ1n) is 11.2. The van der Waals surface area contributed by atoms with E-state index in [0.717, 1.165) is 33.5 Å². The fourth-order valence-electron chi connectivity index (χ4n) is 3.86. The Morgan fingerprint density at radius 3 is 2.51 bits per heavy atom. The molecule has 6 heteroatoms. The molecule has 0 aliphatic carbocycles. The van der Waals surface area contributed by atoms with E-state index < -0.39 is 5.82 Å². The van der Waals surface area contributed by atoms with Crippen molar-refractivity contribution in [1.82, 2.24) is 10.2 Å². The molecule has 1 amide bonds. The van der Waals surface area contributed by atoms with Crippen LogP contribution < -0.4 is 10.6 Å². The topological polar surface area (TPSA) is 69.8 Å². The minimum Gasteiger partial charge on any atom is -0.355 e. The molecule has 0 atom stereocenters. The summed E-state index contributed by atoms with van der Waals surface area (Å²) in [5.41, 5.74) is 6.21. The molecule has 3 N–H and O–H groups in total. The normalized spacial score (nSPS) is 11.1. The number of nitrogens with one attached hydrogen (secondary N) is 3. The van der Waals surface area contributed by atoms with Gasteiger partial charge in [0.15, 0.2) is 0 Å². The maximum absolute atomic E-state index is 13.6. The lowest BCUT2D eigenvalue weighted by Gasteiger charge is -2.11. The van der Waals surface area contributed by atoms with Crippen molar-refractivity contribution in [2.24, 2.45) is 0 Å². The van der Waals surface area contributed by atoms with E-state index in [2.05, 4.69) is 20.8 Å². The zero-order chi connectivity index (χ0) is 24.2.